The molecule has 0 amide bonds. The molecule has 0 fully saturated rings. The molecule has 1 aromatic carbocycles. The van der Waals surface area contributed by atoms with Gasteiger partial charge < -0.3 is 5.32 Å². The Morgan fingerprint density at radius 1 is 1.30 bits per heavy atom. The standard InChI is InChI=1S/C14H16ClF2N3/c1-3-20-13(14(15)9(2)19-20)8-18-7-10-6-11(16)4-5-12(10)17/h4-6,18H,3,7-8H2,1-2H3. The summed E-state index contributed by atoms with van der Waals surface area (Å²) in [6.45, 7) is 5.19. The monoisotopic (exact) mass is 299 g/mol. The van der Waals surface area contributed by atoms with Crippen LogP contribution in [-0.4, -0.2) is 9.78 Å². The Morgan fingerprint density at radius 3 is 2.75 bits per heavy atom. The summed E-state index contributed by atoms with van der Waals surface area (Å²) < 4.78 is 28.3. The van der Waals surface area contributed by atoms with E-state index in [9.17, 15) is 8.78 Å². The van der Waals surface area contributed by atoms with Crippen molar-refractivity contribution in [2.45, 2.75) is 33.5 Å². The number of rotatable bonds is 5. The van der Waals surface area contributed by atoms with Gasteiger partial charge in [0.25, 0.3) is 0 Å². The summed E-state index contributed by atoms with van der Waals surface area (Å²) in [6, 6.07) is 3.41. The lowest BCUT2D eigenvalue weighted by Crippen LogP contribution is -2.17. The number of hydrogen-bond acceptors (Lipinski definition) is 2. The van der Waals surface area contributed by atoms with Crippen molar-refractivity contribution in [3.05, 3.63) is 51.8 Å². The largest absolute Gasteiger partial charge is 0.307 e. The highest BCUT2D eigenvalue weighted by Crippen LogP contribution is 2.20. The van der Waals surface area contributed by atoms with Crippen LogP contribution < -0.4 is 5.32 Å². The van der Waals surface area contributed by atoms with Crippen molar-refractivity contribution >= 4 is 11.6 Å². The van der Waals surface area contributed by atoms with Crippen molar-refractivity contribution in [3.63, 3.8) is 0 Å². The average Bonchev–Trinajstić information content (AvgIpc) is 2.70. The van der Waals surface area contributed by atoms with Gasteiger partial charge in [0.1, 0.15) is 11.6 Å². The van der Waals surface area contributed by atoms with Crippen LogP contribution >= 0.6 is 11.6 Å². The Morgan fingerprint density at radius 2 is 2.05 bits per heavy atom. The minimum absolute atomic E-state index is 0.230. The van der Waals surface area contributed by atoms with E-state index in [0.717, 1.165) is 23.5 Å². The van der Waals surface area contributed by atoms with Crippen molar-refractivity contribution < 1.29 is 8.78 Å². The maximum absolute atomic E-state index is 13.5. The smallest absolute Gasteiger partial charge is 0.127 e. The lowest BCUT2D eigenvalue weighted by molar-refractivity contribution is 0.551. The summed E-state index contributed by atoms with van der Waals surface area (Å²) in [5.41, 5.74) is 1.91. The topological polar surface area (TPSA) is 29.9 Å². The molecule has 0 aliphatic heterocycles. The van der Waals surface area contributed by atoms with Crippen molar-refractivity contribution in [1.82, 2.24) is 15.1 Å². The third-order valence-electron chi connectivity index (χ3n) is 3.07. The Hall–Kier alpha value is -1.46. The first-order chi connectivity index (χ1) is 9.52. The number of aryl methyl sites for hydroxylation is 2. The van der Waals surface area contributed by atoms with Gasteiger partial charge in [-0.25, -0.2) is 8.78 Å². The second kappa shape index (κ2) is 6.33. The molecule has 0 unspecified atom stereocenters. The molecule has 1 heterocycles. The molecule has 6 heteroatoms. The Kier molecular flexibility index (Phi) is 4.73. The summed E-state index contributed by atoms with van der Waals surface area (Å²) in [5, 5.41) is 7.97. The highest BCUT2D eigenvalue weighted by molar-refractivity contribution is 6.31. The van der Waals surface area contributed by atoms with E-state index in [-0.39, 0.29) is 6.54 Å². The number of aromatic nitrogens is 2. The van der Waals surface area contributed by atoms with E-state index in [1.165, 1.54) is 6.07 Å². The minimum atomic E-state index is -0.448. The van der Waals surface area contributed by atoms with Crippen molar-refractivity contribution in [2.75, 3.05) is 0 Å². The lowest BCUT2D eigenvalue weighted by Gasteiger charge is -2.08. The van der Waals surface area contributed by atoms with Crippen LogP contribution in [0.15, 0.2) is 18.2 Å². The van der Waals surface area contributed by atoms with E-state index in [0.29, 0.717) is 23.7 Å². The Bertz CT molecular complexity index is 611. The Labute approximate surface area is 121 Å². The molecule has 0 saturated heterocycles. The zero-order valence-electron chi connectivity index (χ0n) is 11.4. The summed E-state index contributed by atoms with van der Waals surface area (Å²) >= 11 is 6.17. The van der Waals surface area contributed by atoms with Crippen molar-refractivity contribution in [2.24, 2.45) is 0 Å². The molecular formula is C14H16ClF2N3. The maximum Gasteiger partial charge on any atom is 0.127 e. The van der Waals surface area contributed by atoms with Crippen LogP contribution in [0.25, 0.3) is 0 Å². The van der Waals surface area contributed by atoms with Gasteiger partial charge in [-0.05, 0) is 32.0 Å². The van der Waals surface area contributed by atoms with Gasteiger partial charge in [0.2, 0.25) is 0 Å². The molecular weight excluding hydrogens is 284 g/mol. The van der Waals surface area contributed by atoms with E-state index in [2.05, 4.69) is 10.4 Å². The third kappa shape index (κ3) is 3.16. The van der Waals surface area contributed by atoms with Gasteiger partial charge >= 0.3 is 0 Å². The molecule has 3 nitrogen and oxygen atoms in total. The fraction of sp³-hybridized carbons (Fsp3) is 0.357. The summed E-state index contributed by atoms with van der Waals surface area (Å²) in [7, 11) is 0. The van der Waals surface area contributed by atoms with Crippen LogP contribution in [0.2, 0.25) is 5.02 Å². The fourth-order valence-corrected chi connectivity index (χ4v) is 2.23. The molecule has 2 aromatic rings. The van der Waals surface area contributed by atoms with Crippen LogP contribution in [0.3, 0.4) is 0 Å². The quantitative estimate of drug-likeness (QED) is 0.916. The molecule has 0 bridgehead atoms. The SMILES string of the molecule is CCn1nc(C)c(Cl)c1CNCc1cc(F)ccc1F. The number of benzene rings is 1. The second-order valence-corrected chi connectivity index (χ2v) is 4.88. The first-order valence-corrected chi connectivity index (χ1v) is 6.77. The zero-order valence-corrected chi connectivity index (χ0v) is 12.1. The first kappa shape index (κ1) is 14.9. The molecule has 0 aliphatic rings. The number of nitrogens with one attached hydrogen (secondary N) is 1. The lowest BCUT2D eigenvalue weighted by atomic mass is 10.2. The molecule has 20 heavy (non-hydrogen) atoms. The average molecular weight is 300 g/mol. The number of nitrogens with zero attached hydrogens (tertiary/aromatic N) is 2. The number of halogens is 3. The molecule has 108 valence electrons. The molecule has 1 N–H and O–H groups in total. The Balaban J connectivity index is 2.04. The van der Waals surface area contributed by atoms with E-state index in [1.807, 2.05) is 13.8 Å². The maximum atomic E-state index is 13.5. The van der Waals surface area contributed by atoms with Gasteiger partial charge in [-0.15, -0.1) is 0 Å². The molecule has 0 spiro atoms. The molecule has 0 radical (unpaired) electrons. The number of hydrogen-bond donors (Lipinski definition) is 1. The van der Waals surface area contributed by atoms with Crippen molar-refractivity contribution in [1.29, 1.82) is 0 Å². The summed E-state index contributed by atoms with van der Waals surface area (Å²) in [5.74, 6) is -0.874. The molecule has 0 aliphatic carbocycles. The van der Waals surface area contributed by atoms with Crippen LogP contribution in [0.5, 0.6) is 0 Å². The van der Waals surface area contributed by atoms with Crippen LogP contribution in [0.4, 0.5) is 8.78 Å². The predicted octanol–water partition coefficient (Wildman–Crippen LogP) is 3.43. The normalized spacial score (nSPS) is 11.1. The van der Waals surface area contributed by atoms with E-state index in [1.54, 1.807) is 4.68 Å². The highest BCUT2D eigenvalue weighted by Gasteiger charge is 2.12. The van der Waals surface area contributed by atoms with Crippen molar-refractivity contribution in [3.8, 4) is 0 Å². The fourth-order valence-electron chi connectivity index (χ4n) is 2.03. The second-order valence-electron chi connectivity index (χ2n) is 4.50. The van der Waals surface area contributed by atoms with Crippen LogP contribution in [0.1, 0.15) is 23.9 Å². The summed E-state index contributed by atoms with van der Waals surface area (Å²) in [4.78, 5) is 0. The van der Waals surface area contributed by atoms with E-state index >= 15 is 0 Å². The van der Waals surface area contributed by atoms with Gasteiger partial charge in [-0.2, -0.15) is 5.10 Å². The van der Waals surface area contributed by atoms with Gasteiger partial charge in [-0.1, -0.05) is 11.6 Å². The van der Waals surface area contributed by atoms with Crippen LogP contribution in [-0.2, 0) is 19.6 Å². The molecule has 0 atom stereocenters. The van der Waals surface area contributed by atoms with Gasteiger partial charge in [0.05, 0.1) is 16.4 Å². The van der Waals surface area contributed by atoms with Gasteiger partial charge in [0.15, 0.2) is 0 Å². The zero-order chi connectivity index (χ0) is 14.7. The minimum Gasteiger partial charge on any atom is -0.307 e. The molecule has 0 saturated carbocycles. The predicted molar refractivity (Wildman–Crippen MR) is 74.5 cm³/mol. The van der Waals surface area contributed by atoms with Gasteiger partial charge in [-0.3, -0.25) is 4.68 Å². The highest BCUT2D eigenvalue weighted by atomic mass is 35.5. The first-order valence-electron chi connectivity index (χ1n) is 6.39. The molecule has 2 rings (SSSR count). The van der Waals surface area contributed by atoms with E-state index < -0.39 is 11.6 Å². The van der Waals surface area contributed by atoms with Gasteiger partial charge in [0, 0.05) is 25.2 Å². The third-order valence-corrected chi connectivity index (χ3v) is 3.56. The van der Waals surface area contributed by atoms with Crippen LogP contribution in [0, 0.1) is 18.6 Å². The summed E-state index contributed by atoms with van der Waals surface area (Å²) in [6.07, 6.45) is 0. The molecule has 1 aromatic heterocycles. The van der Waals surface area contributed by atoms with E-state index in [4.69, 9.17) is 11.6 Å².